The average molecular weight is 356 g/mol. The third-order valence-corrected chi connectivity index (χ3v) is 4.58. The molecular weight excluding hydrogens is 333 g/mol. The summed E-state index contributed by atoms with van der Waals surface area (Å²) in [6.07, 6.45) is 1.75. The van der Waals surface area contributed by atoms with E-state index in [-0.39, 0.29) is 36.6 Å². The molecule has 1 aliphatic rings. The van der Waals surface area contributed by atoms with Crippen molar-refractivity contribution >= 4 is 42.1 Å². The fourth-order valence-corrected chi connectivity index (χ4v) is 3.13. The van der Waals surface area contributed by atoms with Crippen molar-refractivity contribution in [1.29, 1.82) is 0 Å². The van der Waals surface area contributed by atoms with E-state index in [2.05, 4.69) is 4.98 Å². The Morgan fingerprint density at radius 1 is 1.52 bits per heavy atom. The Labute approximate surface area is 142 Å². The number of amides is 1. The van der Waals surface area contributed by atoms with Crippen LogP contribution in [-0.4, -0.2) is 42.1 Å². The van der Waals surface area contributed by atoms with Crippen LogP contribution >= 0.6 is 36.2 Å². The van der Waals surface area contributed by atoms with Crippen molar-refractivity contribution in [2.24, 2.45) is 11.7 Å². The number of nitrogens with two attached hydrogens (primary N) is 1. The molecule has 1 fully saturated rings. The number of rotatable bonds is 4. The molecule has 1 saturated heterocycles. The molecule has 122 valence electrons. The highest BCUT2D eigenvalue weighted by molar-refractivity contribution is 7.09. The molecule has 1 atom stereocenters. The van der Waals surface area contributed by atoms with Crippen molar-refractivity contribution in [3.05, 3.63) is 16.1 Å². The highest BCUT2D eigenvalue weighted by Gasteiger charge is 2.28. The van der Waals surface area contributed by atoms with Gasteiger partial charge in [-0.05, 0) is 25.7 Å². The Morgan fingerprint density at radius 3 is 2.67 bits per heavy atom. The molecule has 21 heavy (non-hydrogen) atoms. The Bertz CT molecular complexity index is 439. The number of aromatic nitrogens is 1. The van der Waals surface area contributed by atoms with Crippen LogP contribution in [-0.2, 0) is 16.1 Å². The van der Waals surface area contributed by atoms with Gasteiger partial charge in [-0.25, -0.2) is 4.98 Å². The van der Waals surface area contributed by atoms with Crippen molar-refractivity contribution < 1.29 is 9.53 Å². The number of ether oxygens (including phenoxy) is 1. The van der Waals surface area contributed by atoms with E-state index in [0.29, 0.717) is 19.8 Å². The maximum Gasteiger partial charge on any atom is 0.239 e. The van der Waals surface area contributed by atoms with Gasteiger partial charge in [-0.15, -0.1) is 36.2 Å². The molecule has 2 rings (SSSR count). The number of aryl methyl sites for hydroxylation is 1. The summed E-state index contributed by atoms with van der Waals surface area (Å²) < 4.78 is 5.30. The van der Waals surface area contributed by atoms with E-state index < -0.39 is 6.04 Å². The molecule has 1 aliphatic heterocycles. The lowest BCUT2D eigenvalue weighted by molar-refractivity contribution is -0.133. The van der Waals surface area contributed by atoms with Gasteiger partial charge >= 0.3 is 0 Å². The summed E-state index contributed by atoms with van der Waals surface area (Å²) in [4.78, 5) is 19.3. The molecule has 1 amide bonds. The summed E-state index contributed by atoms with van der Waals surface area (Å²) in [5.74, 6) is 0.256. The van der Waals surface area contributed by atoms with Gasteiger partial charge in [0.2, 0.25) is 5.91 Å². The maximum atomic E-state index is 12.3. The molecule has 2 heterocycles. The van der Waals surface area contributed by atoms with Gasteiger partial charge in [-0.3, -0.25) is 4.79 Å². The first kappa shape index (κ1) is 20.6. The van der Waals surface area contributed by atoms with Crippen LogP contribution in [0.2, 0.25) is 0 Å². The SMILES string of the molecule is Cc1ncsc1CN(C)C(=O)C(N)C1CCOCC1.Cl.Cl. The Morgan fingerprint density at radius 2 is 2.14 bits per heavy atom. The summed E-state index contributed by atoms with van der Waals surface area (Å²) >= 11 is 1.58. The number of likely N-dealkylation sites (N-methyl/N-ethyl adjacent to an activating group) is 1. The monoisotopic (exact) mass is 355 g/mol. The first-order valence-corrected chi connectivity index (χ1v) is 7.45. The zero-order chi connectivity index (χ0) is 13.8. The minimum atomic E-state index is -0.415. The van der Waals surface area contributed by atoms with Crippen molar-refractivity contribution in [3.63, 3.8) is 0 Å². The van der Waals surface area contributed by atoms with E-state index in [4.69, 9.17) is 10.5 Å². The molecular formula is C13H23Cl2N3O2S. The quantitative estimate of drug-likeness (QED) is 0.896. The van der Waals surface area contributed by atoms with E-state index in [0.717, 1.165) is 23.4 Å². The highest BCUT2D eigenvalue weighted by Crippen LogP contribution is 2.20. The number of carbonyl (C=O) groups excluding carboxylic acids is 1. The molecule has 0 radical (unpaired) electrons. The number of nitrogens with zero attached hydrogens (tertiary/aromatic N) is 2. The summed E-state index contributed by atoms with van der Waals surface area (Å²) in [6.45, 7) is 3.97. The number of hydrogen-bond donors (Lipinski definition) is 1. The zero-order valence-corrected chi connectivity index (χ0v) is 14.7. The number of halogens is 2. The molecule has 0 aliphatic carbocycles. The van der Waals surface area contributed by atoms with Gasteiger partial charge in [0, 0.05) is 25.1 Å². The first-order chi connectivity index (χ1) is 9.09. The number of carbonyl (C=O) groups is 1. The molecule has 1 aromatic heterocycles. The normalized spacial score (nSPS) is 16.5. The highest BCUT2D eigenvalue weighted by atomic mass is 35.5. The molecule has 1 aromatic rings. The second kappa shape index (κ2) is 9.58. The standard InChI is InChI=1S/C13H21N3O2S.2ClH/c1-9-11(19-8-15-9)7-16(2)13(17)12(14)10-3-5-18-6-4-10;;/h8,10,12H,3-7,14H2,1-2H3;2*1H. The smallest absolute Gasteiger partial charge is 0.239 e. The third-order valence-electron chi connectivity index (χ3n) is 3.66. The average Bonchev–Trinajstić information content (AvgIpc) is 2.83. The second-order valence-electron chi connectivity index (χ2n) is 5.03. The largest absolute Gasteiger partial charge is 0.381 e. The Balaban J connectivity index is 0.00000200. The van der Waals surface area contributed by atoms with Crippen LogP contribution in [0.25, 0.3) is 0 Å². The van der Waals surface area contributed by atoms with Crippen LogP contribution < -0.4 is 5.73 Å². The van der Waals surface area contributed by atoms with Gasteiger partial charge in [-0.1, -0.05) is 0 Å². The van der Waals surface area contributed by atoms with Gasteiger partial charge in [0.05, 0.1) is 23.8 Å². The van der Waals surface area contributed by atoms with Crippen molar-refractivity contribution in [2.75, 3.05) is 20.3 Å². The summed E-state index contributed by atoms with van der Waals surface area (Å²) in [7, 11) is 1.81. The fourth-order valence-electron chi connectivity index (χ4n) is 2.30. The van der Waals surface area contributed by atoms with Gasteiger partial charge < -0.3 is 15.4 Å². The van der Waals surface area contributed by atoms with Crippen LogP contribution in [0.3, 0.4) is 0 Å². The topological polar surface area (TPSA) is 68.5 Å². The van der Waals surface area contributed by atoms with E-state index in [9.17, 15) is 4.79 Å². The minimum Gasteiger partial charge on any atom is -0.381 e. The van der Waals surface area contributed by atoms with Crippen LogP contribution in [0.5, 0.6) is 0 Å². The van der Waals surface area contributed by atoms with Crippen LogP contribution in [0.15, 0.2) is 5.51 Å². The van der Waals surface area contributed by atoms with Gasteiger partial charge in [0.1, 0.15) is 0 Å². The molecule has 5 nitrogen and oxygen atoms in total. The van der Waals surface area contributed by atoms with E-state index in [1.54, 1.807) is 28.8 Å². The van der Waals surface area contributed by atoms with Crippen LogP contribution in [0, 0.1) is 12.8 Å². The second-order valence-corrected chi connectivity index (χ2v) is 5.97. The number of thiazole rings is 1. The van der Waals surface area contributed by atoms with E-state index in [1.807, 2.05) is 6.92 Å². The molecule has 0 saturated carbocycles. The molecule has 0 bridgehead atoms. The first-order valence-electron chi connectivity index (χ1n) is 6.57. The lowest BCUT2D eigenvalue weighted by Crippen LogP contribution is -2.47. The van der Waals surface area contributed by atoms with Gasteiger partial charge in [-0.2, -0.15) is 0 Å². The summed E-state index contributed by atoms with van der Waals surface area (Å²) in [5.41, 5.74) is 8.90. The van der Waals surface area contributed by atoms with Gasteiger partial charge in [0.25, 0.3) is 0 Å². The molecule has 0 aromatic carbocycles. The lowest BCUT2D eigenvalue weighted by Gasteiger charge is -2.29. The third kappa shape index (κ3) is 5.38. The van der Waals surface area contributed by atoms with Crippen LogP contribution in [0.4, 0.5) is 0 Å². The molecule has 8 heteroatoms. The lowest BCUT2D eigenvalue weighted by atomic mass is 9.91. The zero-order valence-electron chi connectivity index (χ0n) is 12.3. The molecule has 2 N–H and O–H groups in total. The van der Waals surface area contributed by atoms with E-state index in [1.165, 1.54) is 0 Å². The van der Waals surface area contributed by atoms with E-state index >= 15 is 0 Å². The van der Waals surface area contributed by atoms with Crippen molar-refractivity contribution in [3.8, 4) is 0 Å². The maximum absolute atomic E-state index is 12.3. The summed E-state index contributed by atoms with van der Waals surface area (Å²) in [5, 5.41) is 0. The minimum absolute atomic E-state index is 0. The predicted octanol–water partition coefficient (Wildman–Crippen LogP) is 2.01. The van der Waals surface area contributed by atoms with Crippen molar-refractivity contribution in [1.82, 2.24) is 9.88 Å². The van der Waals surface area contributed by atoms with Crippen LogP contribution in [0.1, 0.15) is 23.4 Å². The fraction of sp³-hybridized carbons (Fsp3) is 0.692. The molecule has 0 spiro atoms. The van der Waals surface area contributed by atoms with Gasteiger partial charge in [0.15, 0.2) is 0 Å². The van der Waals surface area contributed by atoms with Crippen molar-refractivity contribution in [2.45, 2.75) is 32.4 Å². The molecule has 1 unspecified atom stereocenters. The Hall–Kier alpha value is -0.400. The predicted molar refractivity (Wildman–Crippen MR) is 89.3 cm³/mol. The number of hydrogen-bond acceptors (Lipinski definition) is 5. The summed E-state index contributed by atoms with van der Waals surface area (Å²) in [6, 6.07) is -0.415. The Kier molecular flexibility index (Phi) is 9.40.